The van der Waals surface area contributed by atoms with Gasteiger partial charge in [-0.1, -0.05) is 35.0 Å². The highest BCUT2D eigenvalue weighted by molar-refractivity contribution is 6.31. The molecule has 7 heteroatoms. The van der Waals surface area contributed by atoms with E-state index in [1.807, 2.05) is 31.2 Å². The van der Waals surface area contributed by atoms with Gasteiger partial charge in [0.25, 0.3) is 0 Å². The minimum Gasteiger partial charge on any atom is -0.370 e. The number of benzene rings is 2. The zero-order chi connectivity index (χ0) is 19.8. The second-order valence-corrected chi connectivity index (χ2v) is 6.99. The molecule has 138 valence electrons. The van der Waals surface area contributed by atoms with E-state index in [9.17, 15) is 4.79 Å². The molecule has 0 aliphatic carbocycles. The topological polar surface area (TPSA) is 105 Å². The number of primary amides is 1. The average molecular weight is 391 g/mol. The van der Waals surface area contributed by atoms with Crippen LogP contribution in [0.5, 0.6) is 0 Å². The van der Waals surface area contributed by atoms with Gasteiger partial charge >= 0.3 is 0 Å². The molecule has 1 atom stereocenters. The van der Waals surface area contributed by atoms with E-state index in [4.69, 9.17) is 32.1 Å². The fourth-order valence-corrected chi connectivity index (χ4v) is 3.59. The first-order chi connectivity index (χ1) is 13.5. The summed E-state index contributed by atoms with van der Waals surface area (Å²) in [7, 11) is 0. The monoisotopic (exact) mass is 390 g/mol. The van der Waals surface area contributed by atoms with E-state index in [1.165, 1.54) is 0 Å². The van der Waals surface area contributed by atoms with Crippen LogP contribution in [0.2, 0.25) is 5.02 Å². The maximum atomic E-state index is 11.7. The van der Waals surface area contributed by atoms with E-state index in [0.717, 1.165) is 22.3 Å². The smallest absolute Gasteiger partial charge is 0.220 e. The molecular weight excluding hydrogens is 376 g/mol. The van der Waals surface area contributed by atoms with Crippen molar-refractivity contribution >= 4 is 23.2 Å². The zero-order valence-electron chi connectivity index (χ0n) is 14.9. The number of nitriles is 1. The Labute approximate surface area is 166 Å². The van der Waals surface area contributed by atoms with Crippen LogP contribution in [-0.2, 0) is 4.79 Å². The van der Waals surface area contributed by atoms with E-state index in [-0.39, 0.29) is 6.42 Å². The van der Waals surface area contributed by atoms with E-state index in [1.54, 1.807) is 18.2 Å². The first kappa shape index (κ1) is 18.0. The van der Waals surface area contributed by atoms with Crippen LogP contribution in [0.4, 0.5) is 0 Å². The van der Waals surface area contributed by atoms with Crippen LogP contribution < -0.4 is 5.73 Å². The fraction of sp³-hybridized carbons (Fsp3) is 0.143. The van der Waals surface area contributed by atoms with Gasteiger partial charge < -0.3 is 10.3 Å². The predicted molar refractivity (Wildman–Crippen MR) is 105 cm³/mol. The summed E-state index contributed by atoms with van der Waals surface area (Å²) in [6.45, 7) is 1.84. The van der Waals surface area contributed by atoms with Gasteiger partial charge in [-0.05, 0) is 36.8 Å². The van der Waals surface area contributed by atoms with Gasteiger partial charge in [0, 0.05) is 16.1 Å². The van der Waals surface area contributed by atoms with Crippen LogP contribution in [0.25, 0.3) is 11.1 Å². The first-order valence-electron chi connectivity index (χ1n) is 8.61. The minimum absolute atomic E-state index is 0.0108. The molecule has 2 aromatic carbocycles. The van der Waals surface area contributed by atoms with Gasteiger partial charge in [-0.2, -0.15) is 5.26 Å². The molecule has 0 saturated heterocycles. The highest BCUT2D eigenvalue weighted by atomic mass is 35.5. The third-order valence-corrected chi connectivity index (χ3v) is 4.90. The molecule has 0 fully saturated rings. The van der Waals surface area contributed by atoms with Gasteiger partial charge in [-0.25, -0.2) is 0 Å². The molecule has 0 spiro atoms. The molecule has 0 unspecified atom stereocenters. The summed E-state index contributed by atoms with van der Waals surface area (Å²) in [6.07, 6.45) is -0.0108. The van der Waals surface area contributed by atoms with Crippen molar-refractivity contribution < 1.29 is 9.32 Å². The number of hydrogen-bond acceptors (Lipinski definition) is 5. The lowest BCUT2D eigenvalue weighted by Gasteiger charge is -2.12. The summed E-state index contributed by atoms with van der Waals surface area (Å²) in [5.41, 5.74) is 10.6. The Balaban J connectivity index is 2.00. The van der Waals surface area contributed by atoms with Crippen LogP contribution in [0.3, 0.4) is 0 Å². The molecule has 1 aliphatic heterocycles. The standard InChI is InChI=1S/C21H15ClN4O2/c1-11-19-15-7-6-14(22)8-16(15)20(13-4-2-12(10-23)3-5-13)25-17(9-18(24)27)21(19)28-26-11/h2-8,17H,9H2,1H3,(H2,24,27)/t17-/m0/s1. The highest BCUT2D eigenvalue weighted by Gasteiger charge is 2.31. The van der Waals surface area contributed by atoms with Gasteiger partial charge in [0.1, 0.15) is 6.04 Å². The molecule has 4 rings (SSSR count). The molecular formula is C21H15ClN4O2. The van der Waals surface area contributed by atoms with Crippen molar-refractivity contribution in [2.75, 3.05) is 0 Å². The number of rotatable bonds is 3. The van der Waals surface area contributed by atoms with Crippen LogP contribution >= 0.6 is 11.6 Å². The molecule has 2 N–H and O–H groups in total. The van der Waals surface area contributed by atoms with Gasteiger partial charge in [0.2, 0.25) is 5.91 Å². The highest BCUT2D eigenvalue weighted by Crippen LogP contribution is 2.41. The first-order valence-corrected chi connectivity index (χ1v) is 8.99. The number of nitrogens with zero attached hydrogens (tertiary/aromatic N) is 3. The Morgan fingerprint density at radius 3 is 2.68 bits per heavy atom. The molecule has 1 amide bonds. The number of carbonyl (C=O) groups excluding carboxylic acids is 1. The van der Waals surface area contributed by atoms with E-state index < -0.39 is 11.9 Å². The summed E-state index contributed by atoms with van der Waals surface area (Å²) in [4.78, 5) is 16.5. The van der Waals surface area contributed by atoms with Crippen LogP contribution in [-0.4, -0.2) is 16.8 Å². The number of hydrogen-bond donors (Lipinski definition) is 1. The van der Waals surface area contributed by atoms with Crippen LogP contribution in [0.1, 0.15) is 40.6 Å². The van der Waals surface area contributed by atoms with E-state index >= 15 is 0 Å². The number of fused-ring (bicyclic) bond motifs is 3. The van der Waals surface area contributed by atoms with Gasteiger partial charge in [0.05, 0.1) is 35.0 Å². The summed E-state index contributed by atoms with van der Waals surface area (Å²) in [5.74, 6) is 0.0143. The van der Waals surface area contributed by atoms with Crippen LogP contribution in [0.15, 0.2) is 52.0 Å². The Bertz CT molecular complexity index is 1160. The Morgan fingerprint density at radius 1 is 1.25 bits per heavy atom. The minimum atomic E-state index is -0.606. The number of aromatic nitrogens is 1. The summed E-state index contributed by atoms with van der Waals surface area (Å²) in [5, 5.41) is 13.7. The number of halogens is 1. The summed E-state index contributed by atoms with van der Waals surface area (Å²) in [6, 6.07) is 14.1. The molecule has 1 aliphatic rings. The summed E-state index contributed by atoms with van der Waals surface area (Å²) >= 11 is 6.28. The maximum absolute atomic E-state index is 11.7. The second kappa shape index (κ2) is 6.95. The molecule has 3 aromatic rings. The number of carbonyl (C=O) groups is 1. The molecule has 28 heavy (non-hydrogen) atoms. The van der Waals surface area contributed by atoms with Crippen molar-refractivity contribution in [2.45, 2.75) is 19.4 Å². The normalized spacial score (nSPS) is 15.0. The second-order valence-electron chi connectivity index (χ2n) is 6.55. The SMILES string of the molecule is Cc1noc2c1-c1ccc(Cl)cc1C(c1ccc(C#N)cc1)=N[C@H]2CC(N)=O. The predicted octanol–water partition coefficient (Wildman–Crippen LogP) is 3.94. The third kappa shape index (κ3) is 3.06. The number of aryl methyl sites for hydroxylation is 1. The third-order valence-electron chi connectivity index (χ3n) is 4.66. The number of nitrogens with two attached hydrogens (primary N) is 1. The van der Waals surface area contributed by atoms with Gasteiger partial charge in [0.15, 0.2) is 5.76 Å². The molecule has 0 bridgehead atoms. The number of amides is 1. The van der Waals surface area contributed by atoms with Crippen molar-refractivity contribution in [3.63, 3.8) is 0 Å². The number of aliphatic imine (C=N–C) groups is 1. The Hall–Kier alpha value is -3.43. The lowest BCUT2D eigenvalue weighted by atomic mass is 9.92. The Morgan fingerprint density at radius 2 is 2.00 bits per heavy atom. The lowest BCUT2D eigenvalue weighted by molar-refractivity contribution is -0.118. The largest absolute Gasteiger partial charge is 0.370 e. The lowest BCUT2D eigenvalue weighted by Crippen LogP contribution is -2.15. The van der Waals surface area contributed by atoms with Crippen molar-refractivity contribution in [2.24, 2.45) is 10.7 Å². The average Bonchev–Trinajstić information content (AvgIpc) is 3.00. The Kier molecular flexibility index (Phi) is 4.46. The molecule has 0 saturated carbocycles. The van der Waals surface area contributed by atoms with Crippen molar-refractivity contribution in [1.82, 2.24) is 5.16 Å². The van der Waals surface area contributed by atoms with Crippen molar-refractivity contribution in [3.05, 3.63) is 75.6 Å². The molecule has 6 nitrogen and oxygen atoms in total. The van der Waals surface area contributed by atoms with Gasteiger partial charge in [-0.3, -0.25) is 9.79 Å². The van der Waals surface area contributed by atoms with Crippen molar-refractivity contribution in [3.8, 4) is 17.2 Å². The quantitative estimate of drug-likeness (QED) is 0.730. The zero-order valence-corrected chi connectivity index (χ0v) is 15.7. The maximum Gasteiger partial charge on any atom is 0.220 e. The molecule has 2 heterocycles. The van der Waals surface area contributed by atoms with E-state index in [2.05, 4.69) is 11.2 Å². The van der Waals surface area contributed by atoms with Crippen LogP contribution in [0, 0.1) is 18.3 Å². The summed E-state index contributed by atoms with van der Waals surface area (Å²) < 4.78 is 5.55. The molecule has 0 radical (unpaired) electrons. The fourth-order valence-electron chi connectivity index (χ4n) is 3.42. The molecule has 1 aromatic heterocycles. The van der Waals surface area contributed by atoms with E-state index in [0.29, 0.717) is 27.8 Å². The van der Waals surface area contributed by atoms with Crippen molar-refractivity contribution in [1.29, 1.82) is 5.26 Å². The van der Waals surface area contributed by atoms with Gasteiger partial charge in [-0.15, -0.1) is 0 Å².